The number of rotatable bonds is 5. The lowest BCUT2D eigenvalue weighted by molar-refractivity contribution is -0.127. The molecule has 2 aromatic heterocycles. The van der Waals surface area contributed by atoms with Crippen LogP contribution in [0.3, 0.4) is 0 Å². The first-order chi connectivity index (χ1) is 17.3. The fraction of sp³-hybridized carbons (Fsp3) is 0.346. The van der Waals surface area contributed by atoms with Crippen molar-refractivity contribution < 1.29 is 23.9 Å². The molecule has 10 heteroatoms. The fourth-order valence-electron chi connectivity index (χ4n) is 4.45. The summed E-state index contributed by atoms with van der Waals surface area (Å²) in [5.41, 5.74) is 1.38. The van der Waals surface area contributed by atoms with Crippen LogP contribution in [0.15, 0.2) is 47.7 Å². The molecule has 5 rings (SSSR count). The van der Waals surface area contributed by atoms with E-state index in [4.69, 9.17) is 9.47 Å². The van der Waals surface area contributed by atoms with Crippen molar-refractivity contribution in [1.82, 2.24) is 19.8 Å². The zero-order chi connectivity index (χ0) is 25.4. The van der Waals surface area contributed by atoms with E-state index in [1.165, 1.54) is 24.4 Å². The van der Waals surface area contributed by atoms with E-state index >= 15 is 0 Å². The molecule has 0 radical (unpaired) electrons. The molecule has 186 valence electrons. The van der Waals surface area contributed by atoms with Gasteiger partial charge in [0, 0.05) is 37.9 Å². The smallest absolute Gasteiger partial charge is 0.295 e. The third-order valence-corrected chi connectivity index (χ3v) is 6.38. The predicted molar refractivity (Wildman–Crippen MR) is 132 cm³/mol. The Morgan fingerprint density at radius 2 is 1.75 bits per heavy atom. The van der Waals surface area contributed by atoms with Gasteiger partial charge < -0.3 is 24.3 Å². The van der Waals surface area contributed by atoms with E-state index in [1.54, 1.807) is 17.0 Å². The van der Waals surface area contributed by atoms with Crippen LogP contribution in [0.1, 0.15) is 40.3 Å². The Morgan fingerprint density at radius 1 is 1.06 bits per heavy atom. The maximum absolute atomic E-state index is 13.3. The van der Waals surface area contributed by atoms with E-state index in [9.17, 15) is 14.4 Å². The Labute approximate surface area is 207 Å². The maximum atomic E-state index is 13.3. The summed E-state index contributed by atoms with van der Waals surface area (Å²) in [5, 5.41) is 0.453. The number of nitrogens with zero attached hydrogens (tertiary/aromatic N) is 4. The Hall–Kier alpha value is -4.21. The zero-order valence-electron chi connectivity index (χ0n) is 20.4. The molecule has 2 amide bonds. The second kappa shape index (κ2) is 9.10. The fourth-order valence-corrected chi connectivity index (χ4v) is 4.45. The monoisotopic (exact) mass is 489 g/mol. The highest BCUT2D eigenvalue weighted by Crippen LogP contribution is 2.32. The molecule has 1 aromatic carbocycles. The van der Waals surface area contributed by atoms with Gasteiger partial charge in [0.2, 0.25) is 5.90 Å². The number of nitrogens with one attached hydrogen (secondary N) is 1. The molecule has 2 aliphatic rings. The topological polar surface area (TPSA) is 117 Å². The Bertz CT molecular complexity index is 1370. The minimum absolute atomic E-state index is 0.0874. The molecule has 1 fully saturated rings. The van der Waals surface area contributed by atoms with Crippen molar-refractivity contribution >= 4 is 34.4 Å². The molecular weight excluding hydrogens is 462 g/mol. The average molecular weight is 490 g/mol. The quantitative estimate of drug-likeness (QED) is 0.434. The number of hydrogen-bond acceptors (Lipinski definition) is 7. The van der Waals surface area contributed by atoms with Gasteiger partial charge in [0.25, 0.3) is 17.6 Å². The molecule has 0 aliphatic carbocycles. The number of aliphatic imine (C=N–C) groups is 1. The number of aromatic amines is 1. The molecule has 36 heavy (non-hydrogen) atoms. The SMILES string of the molecule is COc1cnc(C2=NC(C)(C)CO2)c2[nH]cc(C(=O)C(=O)N3CCN(C(=O)c4ccccc4)CC3)c12. The highest BCUT2D eigenvalue weighted by molar-refractivity contribution is 6.45. The molecule has 4 heterocycles. The summed E-state index contributed by atoms with van der Waals surface area (Å²) in [6.45, 7) is 5.58. The van der Waals surface area contributed by atoms with Gasteiger partial charge in [-0.05, 0) is 26.0 Å². The van der Waals surface area contributed by atoms with Crippen LogP contribution in [-0.2, 0) is 9.53 Å². The van der Waals surface area contributed by atoms with Crippen molar-refractivity contribution in [1.29, 1.82) is 0 Å². The molecule has 3 aromatic rings. The van der Waals surface area contributed by atoms with Gasteiger partial charge in [0.05, 0.1) is 35.3 Å². The van der Waals surface area contributed by atoms with Gasteiger partial charge in [0.15, 0.2) is 0 Å². The number of piperazine rings is 1. The molecule has 0 unspecified atom stereocenters. The lowest BCUT2D eigenvalue weighted by Gasteiger charge is -2.34. The summed E-state index contributed by atoms with van der Waals surface area (Å²) < 4.78 is 11.2. The van der Waals surface area contributed by atoms with Gasteiger partial charge in [0.1, 0.15) is 18.1 Å². The van der Waals surface area contributed by atoms with Gasteiger partial charge >= 0.3 is 0 Å². The van der Waals surface area contributed by atoms with Gasteiger partial charge in [-0.15, -0.1) is 0 Å². The summed E-state index contributed by atoms with van der Waals surface area (Å²) in [6.07, 6.45) is 2.99. The number of ketones is 1. The van der Waals surface area contributed by atoms with Crippen molar-refractivity contribution in [2.75, 3.05) is 39.9 Å². The standard InChI is InChI=1S/C26H27N5O5/c1-26(2)15-36-23(29-26)21-20-19(18(35-3)14-28-21)17(13-27-20)22(32)25(34)31-11-9-30(10-12-31)24(33)16-7-5-4-6-8-16/h4-8,13-14,27H,9-12,15H2,1-3H3. The van der Waals surface area contributed by atoms with Crippen molar-refractivity contribution in [3.63, 3.8) is 0 Å². The first kappa shape index (κ1) is 23.5. The van der Waals surface area contributed by atoms with Gasteiger partial charge in [-0.2, -0.15) is 0 Å². The van der Waals surface area contributed by atoms with Crippen LogP contribution in [0, 0.1) is 0 Å². The number of ether oxygens (including phenoxy) is 2. The Kier molecular flexibility index (Phi) is 5.95. The van der Waals surface area contributed by atoms with Crippen molar-refractivity contribution in [2.24, 2.45) is 4.99 Å². The third-order valence-electron chi connectivity index (χ3n) is 6.38. The van der Waals surface area contributed by atoms with Gasteiger partial charge in [-0.3, -0.25) is 14.4 Å². The summed E-state index contributed by atoms with van der Waals surface area (Å²) in [7, 11) is 1.48. The molecule has 1 N–H and O–H groups in total. The second-order valence-electron chi connectivity index (χ2n) is 9.43. The Morgan fingerprint density at radius 3 is 2.39 bits per heavy atom. The van der Waals surface area contributed by atoms with Gasteiger partial charge in [-0.25, -0.2) is 9.98 Å². The van der Waals surface area contributed by atoms with Crippen LogP contribution in [0.5, 0.6) is 5.75 Å². The summed E-state index contributed by atoms with van der Waals surface area (Å²) in [5.74, 6) is -0.634. The van der Waals surface area contributed by atoms with Crippen molar-refractivity contribution in [3.8, 4) is 5.75 Å². The molecule has 2 aliphatic heterocycles. The second-order valence-corrected chi connectivity index (χ2v) is 9.43. The van der Waals surface area contributed by atoms with Crippen molar-refractivity contribution in [3.05, 3.63) is 59.5 Å². The van der Waals surface area contributed by atoms with Gasteiger partial charge in [-0.1, -0.05) is 18.2 Å². The predicted octanol–water partition coefficient (Wildman–Crippen LogP) is 2.29. The average Bonchev–Trinajstić information content (AvgIpc) is 3.51. The van der Waals surface area contributed by atoms with Crippen LogP contribution < -0.4 is 4.74 Å². The summed E-state index contributed by atoms with van der Waals surface area (Å²) >= 11 is 0. The van der Waals surface area contributed by atoms with E-state index in [1.807, 2.05) is 32.0 Å². The number of benzene rings is 1. The number of H-pyrrole nitrogens is 1. The van der Waals surface area contributed by atoms with E-state index in [-0.39, 0.29) is 30.1 Å². The third kappa shape index (κ3) is 4.19. The number of fused-ring (bicyclic) bond motifs is 1. The van der Waals surface area contributed by atoms with E-state index in [0.29, 0.717) is 53.5 Å². The van der Waals surface area contributed by atoms with E-state index in [2.05, 4.69) is 15.0 Å². The molecule has 1 saturated heterocycles. The normalized spacial score (nSPS) is 17.0. The summed E-state index contributed by atoms with van der Waals surface area (Å²) in [6, 6.07) is 9.01. The van der Waals surface area contributed by atoms with E-state index in [0.717, 1.165) is 0 Å². The highest BCUT2D eigenvalue weighted by atomic mass is 16.5. The number of methoxy groups -OCH3 is 1. The van der Waals surface area contributed by atoms with Crippen molar-refractivity contribution in [2.45, 2.75) is 19.4 Å². The summed E-state index contributed by atoms with van der Waals surface area (Å²) in [4.78, 5) is 54.5. The Balaban J connectivity index is 1.36. The van der Waals surface area contributed by atoms with Crippen LogP contribution in [0.2, 0.25) is 0 Å². The van der Waals surface area contributed by atoms with E-state index < -0.39 is 11.7 Å². The first-order valence-corrected chi connectivity index (χ1v) is 11.7. The first-order valence-electron chi connectivity index (χ1n) is 11.7. The maximum Gasteiger partial charge on any atom is 0.295 e. The molecule has 0 atom stereocenters. The van der Waals surface area contributed by atoms with Crippen LogP contribution >= 0.6 is 0 Å². The molecule has 0 saturated carbocycles. The number of carbonyl (C=O) groups is 3. The number of amides is 2. The lowest BCUT2D eigenvalue weighted by Crippen LogP contribution is -2.52. The number of Topliss-reactive ketones (excluding diaryl/α,β-unsaturated/α-hetero) is 1. The molecular formula is C26H27N5O5. The van der Waals surface area contributed by atoms with Crippen LogP contribution in [-0.4, -0.2) is 88.7 Å². The molecule has 0 bridgehead atoms. The zero-order valence-corrected chi connectivity index (χ0v) is 20.4. The lowest BCUT2D eigenvalue weighted by atomic mass is 10.1. The highest BCUT2D eigenvalue weighted by Gasteiger charge is 2.33. The minimum Gasteiger partial charge on any atom is -0.494 e. The number of aromatic nitrogens is 2. The minimum atomic E-state index is -0.658. The number of carbonyl (C=O) groups excluding carboxylic acids is 3. The molecule has 0 spiro atoms. The van der Waals surface area contributed by atoms with Crippen LogP contribution in [0.25, 0.3) is 10.9 Å². The number of pyridine rings is 1. The largest absolute Gasteiger partial charge is 0.494 e. The number of hydrogen-bond donors (Lipinski definition) is 1. The molecule has 10 nitrogen and oxygen atoms in total. The van der Waals surface area contributed by atoms with Crippen LogP contribution in [0.4, 0.5) is 0 Å².